The molecule has 1 aromatic heterocycles. The molecule has 0 aliphatic heterocycles. The van der Waals surface area contributed by atoms with Crippen LogP contribution in [-0.2, 0) is 16.5 Å². The lowest BCUT2D eigenvalue weighted by atomic mass is 10.0. The molecule has 9 heteroatoms. The van der Waals surface area contributed by atoms with Crippen LogP contribution in [-0.4, -0.2) is 15.7 Å². The van der Waals surface area contributed by atoms with Crippen molar-refractivity contribution in [2.75, 3.05) is 5.32 Å². The molecule has 0 radical (unpaired) electrons. The lowest BCUT2D eigenvalue weighted by Gasteiger charge is -2.24. The maximum Gasteiger partial charge on any atom is 0.417 e. The highest BCUT2D eigenvalue weighted by atomic mass is 127. The Morgan fingerprint density at radius 1 is 1.38 bits per heavy atom. The van der Waals surface area contributed by atoms with Crippen LogP contribution in [0.2, 0.25) is 0 Å². The Hall–Kier alpha value is -2.09. The molecular weight excluding hydrogens is 436 g/mol. The Morgan fingerprint density at radius 2 is 2.04 bits per heavy atom. The number of hydrogen-bond donors (Lipinski definition) is 1. The van der Waals surface area contributed by atoms with E-state index in [1.807, 2.05) is 22.6 Å². The predicted molar refractivity (Wildman–Crippen MR) is 89.1 cm³/mol. The summed E-state index contributed by atoms with van der Waals surface area (Å²) in [5.41, 5.74) is -2.73. The van der Waals surface area contributed by atoms with Crippen molar-refractivity contribution in [3.8, 4) is 6.07 Å². The van der Waals surface area contributed by atoms with Crippen molar-refractivity contribution in [1.29, 1.82) is 5.26 Å². The van der Waals surface area contributed by atoms with E-state index in [1.165, 1.54) is 16.8 Å². The number of amides is 1. The van der Waals surface area contributed by atoms with Gasteiger partial charge in [0.05, 0.1) is 27.0 Å². The minimum atomic E-state index is -4.68. The Bertz CT molecular complexity index is 821. The molecule has 2 rings (SSSR count). The minimum absolute atomic E-state index is 0.0405. The van der Waals surface area contributed by atoms with Gasteiger partial charge in [-0.15, -0.1) is 0 Å². The number of benzene rings is 1. The van der Waals surface area contributed by atoms with Gasteiger partial charge in [0.25, 0.3) is 5.91 Å². The van der Waals surface area contributed by atoms with Crippen molar-refractivity contribution in [2.24, 2.45) is 0 Å². The van der Waals surface area contributed by atoms with Crippen LogP contribution in [0.5, 0.6) is 0 Å². The third-order valence-corrected chi connectivity index (χ3v) is 3.94. The number of nitriles is 1. The Labute approximate surface area is 149 Å². The first-order valence-corrected chi connectivity index (χ1v) is 7.77. The van der Waals surface area contributed by atoms with Gasteiger partial charge in [-0.05, 0) is 54.6 Å². The zero-order chi connectivity index (χ0) is 18.1. The van der Waals surface area contributed by atoms with Gasteiger partial charge in [-0.3, -0.25) is 9.48 Å². The second-order valence-electron chi connectivity index (χ2n) is 5.49. The molecule has 0 unspecified atom stereocenters. The number of carbonyl (C=O) groups is 1. The van der Waals surface area contributed by atoms with Crippen molar-refractivity contribution >= 4 is 34.2 Å². The second-order valence-corrected chi connectivity index (χ2v) is 6.73. The fraction of sp³-hybridized carbons (Fsp3) is 0.267. The molecular formula is C15H12F3IN4O. The molecule has 0 spiro atoms. The molecule has 1 aromatic carbocycles. The summed E-state index contributed by atoms with van der Waals surface area (Å²) in [5.74, 6) is -0.528. The summed E-state index contributed by atoms with van der Waals surface area (Å²) in [6.07, 6.45) is -1.46. The van der Waals surface area contributed by atoms with Crippen LogP contribution in [0.1, 0.15) is 25.0 Å². The molecule has 1 N–H and O–H groups in total. The van der Waals surface area contributed by atoms with E-state index in [2.05, 4.69) is 10.4 Å². The summed E-state index contributed by atoms with van der Waals surface area (Å²) >= 11 is 2.04. The predicted octanol–water partition coefficient (Wildman–Crippen LogP) is 3.75. The lowest BCUT2D eigenvalue weighted by Crippen LogP contribution is -2.40. The molecule has 24 heavy (non-hydrogen) atoms. The fourth-order valence-electron chi connectivity index (χ4n) is 1.95. The normalized spacial score (nSPS) is 11.9. The molecule has 2 aromatic rings. The first-order valence-electron chi connectivity index (χ1n) is 6.69. The Balaban J connectivity index is 2.31. The minimum Gasteiger partial charge on any atom is -0.324 e. The van der Waals surface area contributed by atoms with Crippen LogP contribution in [0.15, 0.2) is 30.6 Å². The molecule has 5 nitrogen and oxygen atoms in total. The molecule has 0 atom stereocenters. The summed E-state index contributed by atoms with van der Waals surface area (Å²) in [4.78, 5) is 12.4. The van der Waals surface area contributed by atoms with E-state index in [-0.39, 0.29) is 5.69 Å². The van der Waals surface area contributed by atoms with Crippen LogP contribution in [0.25, 0.3) is 0 Å². The largest absolute Gasteiger partial charge is 0.417 e. The van der Waals surface area contributed by atoms with Gasteiger partial charge in [0.15, 0.2) is 0 Å². The summed E-state index contributed by atoms with van der Waals surface area (Å²) in [6, 6.07) is 4.53. The smallest absolute Gasteiger partial charge is 0.324 e. The van der Waals surface area contributed by atoms with Crippen molar-refractivity contribution in [2.45, 2.75) is 25.6 Å². The average molecular weight is 448 g/mol. The number of alkyl halides is 3. The summed E-state index contributed by atoms with van der Waals surface area (Å²) < 4.78 is 41.2. The van der Waals surface area contributed by atoms with Gasteiger partial charge in [0.1, 0.15) is 5.54 Å². The van der Waals surface area contributed by atoms with Crippen LogP contribution < -0.4 is 5.32 Å². The van der Waals surface area contributed by atoms with E-state index in [1.54, 1.807) is 26.2 Å². The van der Waals surface area contributed by atoms with Crippen molar-refractivity contribution in [1.82, 2.24) is 9.78 Å². The topological polar surface area (TPSA) is 70.7 Å². The maximum absolute atomic E-state index is 13.0. The van der Waals surface area contributed by atoms with E-state index in [9.17, 15) is 18.0 Å². The molecule has 0 saturated heterocycles. The van der Waals surface area contributed by atoms with Gasteiger partial charge in [0.2, 0.25) is 0 Å². The van der Waals surface area contributed by atoms with Gasteiger partial charge in [-0.25, -0.2) is 0 Å². The Morgan fingerprint density at radius 3 is 2.54 bits per heavy atom. The summed E-state index contributed by atoms with van der Waals surface area (Å²) in [6.45, 7) is 3.19. The van der Waals surface area contributed by atoms with E-state index >= 15 is 0 Å². The molecule has 1 heterocycles. The van der Waals surface area contributed by atoms with Crippen LogP contribution in [0.4, 0.5) is 18.9 Å². The third-order valence-electron chi connectivity index (χ3n) is 3.38. The second kappa shape index (κ2) is 6.43. The van der Waals surface area contributed by atoms with Gasteiger partial charge in [-0.1, -0.05) is 0 Å². The van der Waals surface area contributed by atoms with E-state index in [0.717, 1.165) is 15.7 Å². The molecule has 0 aliphatic carbocycles. The number of carbonyl (C=O) groups excluding carboxylic acids is 1. The number of rotatable bonds is 3. The van der Waals surface area contributed by atoms with Gasteiger partial charge < -0.3 is 5.32 Å². The van der Waals surface area contributed by atoms with Crippen molar-refractivity contribution in [3.63, 3.8) is 0 Å². The summed E-state index contributed by atoms with van der Waals surface area (Å²) in [7, 11) is 0. The van der Waals surface area contributed by atoms with E-state index in [4.69, 9.17) is 5.26 Å². The number of hydrogen-bond acceptors (Lipinski definition) is 3. The van der Waals surface area contributed by atoms with Crippen molar-refractivity contribution in [3.05, 3.63) is 45.3 Å². The number of aromatic nitrogens is 2. The van der Waals surface area contributed by atoms with Crippen LogP contribution >= 0.6 is 22.6 Å². The van der Waals surface area contributed by atoms with Crippen molar-refractivity contribution < 1.29 is 18.0 Å². The summed E-state index contributed by atoms with van der Waals surface area (Å²) in [5, 5.41) is 15.3. The van der Waals surface area contributed by atoms with Gasteiger partial charge in [-0.2, -0.15) is 23.5 Å². The number of anilines is 1. The van der Waals surface area contributed by atoms with E-state index in [0.29, 0.717) is 0 Å². The Kier molecular flexibility index (Phi) is 4.89. The first kappa shape index (κ1) is 18.3. The maximum atomic E-state index is 13.0. The lowest BCUT2D eigenvalue weighted by molar-refractivity contribution is -0.137. The van der Waals surface area contributed by atoms with Gasteiger partial charge in [0, 0.05) is 11.9 Å². The highest BCUT2D eigenvalue weighted by Gasteiger charge is 2.35. The monoisotopic (exact) mass is 448 g/mol. The molecule has 0 saturated carbocycles. The molecule has 0 fully saturated rings. The fourth-order valence-corrected chi connectivity index (χ4v) is 2.34. The number of nitrogens with one attached hydrogen (secondary N) is 1. The van der Waals surface area contributed by atoms with Crippen LogP contribution in [0, 0.1) is 14.9 Å². The molecule has 1 amide bonds. The molecule has 0 bridgehead atoms. The average Bonchev–Trinajstić information content (AvgIpc) is 2.93. The SMILES string of the molecule is CC(C)(C(=O)Nc1ccc(C#N)c(C(F)(F)F)c1)n1cc(I)cn1. The van der Waals surface area contributed by atoms with E-state index < -0.39 is 28.7 Å². The zero-order valence-corrected chi connectivity index (χ0v) is 14.8. The van der Waals surface area contributed by atoms with Crippen LogP contribution in [0.3, 0.4) is 0 Å². The third kappa shape index (κ3) is 3.69. The number of nitrogens with zero attached hydrogens (tertiary/aromatic N) is 3. The quantitative estimate of drug-likeness (QED) is 0.728. The number of halogens is 4. The van der Waals surface area contributed by atoms with Gasteiger partial charge >= 0.3 is 6.18 Å². The molecule has 0 aliphatic rings. The highest BCUT2D eigenvalue weighted by Crippen LogP contribution is 2.33. The standard InChI is InChI=1S/C15H12F3IN4O/c1-14(2,23-8-10(19)7-21-23)13(24)22-11-4-3-9(6-20)12(5-11)15(16,17)18/h3-5,7-8H,1-2H3,(H,22,24). The zero-order valence-electron chi connectivity index (χ0n) is 12.6. The molecule has 126 valence electrons. The highest BCUT2D eigenvalue weighted by molar-refractivity contribution is 14.1. The first-order chi connectivity index (χ1) is 11.1.